The molecule has 0 aliphatic heterocycles. The second-order valence-corrected chi connectivity index (χ2v) is 12.6. The third kappa shape index (κ3) is 8.02. The van der Waals surface area contributed by atoms with Crippen LogP contribution in [0.1, 0.15) is 13.8 Å². The highest BCUT2D eigenvalue weighted by molar-refractivity contribution is 7.93. The zero-order chi connectivity index (χ0) is 31.0. The summed E-state index contributed by atoms with van der Waals surface area (Å²) < 4.78 is 80.4. The van der Waals surface area contributed by atoms with E-state index < -0.39 is 38.3 Å². The van der Waals surface area contributed by atoms with E-state index in [0.29, 0.717) is 30.4 Å². The molecular weight excluding hydrogens is 597 g/mol. The van der Waals surface area contributed by atoms with Crippen molar-refractivity contribution in [2.75, 3.05) is 34.1 Å². The third-order valence-electron chi connectivity index (χ3n) is 5.99. The Hall–Kier alpha value is -4.62. The molecule has 1 amide bonds. The van der Waals surface area contributed by atoms with E-state index in [0.717, 1.165) is 28.6 Å². The van der Waals surface area contributed by atoms with Crippen LogP contribution in [0.2, 0.25) is 0 Å². The molecule has 0 aromatic heterocycles. The summed E-state index contributed by atoms with van der Waals surface area (Å²) in [5.41, 5.74) is 0.776. The van der Waals surface area contributed by atoms with Gasteiger partial charge in [0.05, 0.1) is 28.7 Å². The van der Waals surface area contributed by atoms with E-state index in [-0.39, 0.29) is 21.2 Å². The molecule has 4 aromatic rings. The molecule has 0 aliphatic rings. The van der Waals surface area contributed by atoms with Crippen LogP contribution in [0.3, 0.4) is 0 Å². The predicted molar refractivity (Wildman–Crippen MR) is 162 cm³/mol. The number of carbonyl (C=O) groups excluding carboxylic acids is 1. The summed E-state index contributed by atoms with van der Waals surface area (Å²) >= 11 is 0. The van der Waals surface area contributed by atoms with E-state index in [2.05, 4.69) is 10.0 Å². The van der Waals surface area contributed by atoms with Crippen LogP contribution >= 0.6 is 0 Å². The number of benzene rings is 4. The molecule has 10 nitrogen and oxygen atoms in total. The van der Waals surface area contributed by atoms with Crippen molar-refractivity contribution in [1.29, 1.82) is 0 Å². The summed E-state index contributed by atoms with van der Waals surface area (Å²) in [4.78, 5) is 12.8. The molecule has 0 heterocycles. The molecule has 0 saturated heterocycles. The molecule has 0 aliphatic carbocycles. The summed E-state index contributed by atoms with van der Waals surface area (Å²) in [5, 5.41) is 2.59. The maximum atomic E-state index is 13.5. The number of rotatable bonds is 13. The van der Waals surface area contributed by atoms with E-state index in [1.54, 1.807) is 36.4 Å². The maximum absolute atomic E-state index is 13.5. The lowest BCUT2D eigenvalue weighted by atomic mass is 10.3. The average Bonchev–Trinajstić information content (AvgIpc) is 2.98. The number of carbonyl (C=O) groups is 1. The fourth-order valence-electron chi connectivity index (χ4n) is 3.97. The average molecular weight is 628 g/mol. The Morgan fingerprint density at radius 1 is 0.698 bits per heavy atom. The molecule has 0 atom stereocenters. The van der Waals surface area contributed by atoms with Crippen molar-refractivity contribution in [3.63, 3.8) is 0 Å². The van der Waals surface area contributed by atoms with Crippen molar-refractivity contribution >= 4 is 43.0 Å². The normalized spacial score (nSPS) is 11.4. The molecule has 0 bridgehead atoms. The van der Waals surface area contributed by atoms with E-state index in [1.165, 1.54) is 36.4 Å². The molecule has 226 valence electrons. The van der Waals surface area contributed by atoms with Gasteiger partial charge in [-0.2, -0.15) is 0 Å². The number of amides is 1. The van der Waals surface area contributed by atoms with E-state index in [4.69, 9.17) is 9.47 Å². The molecule has 43 heavy (non-hydrogen) atoms. The fourth-order valence-corrected chi connectivity index (χ4v) is 6.45. The minimum atomic E-state index is -4.28. The Balaban J connectivity index is 1.50. The monoisotopic (exact) mass is 627 g/mol. The minimum Gasteiger partial charge on any atom is -0.494 e. The first kappa shape index (κ1) is 31.3. The van der Waals surface area contributed by atoms with Gasteiger partial charge in [-0.25, -0.2) is 21.2 Å². The molecule has 2 N–H and O–H groups in total. The van der Waals surface area contributed by atoms with Gasteiger partial charge in [0.1, 0.15) is 23.9 Å². The summed E-state index contributed by atoms with van der Waals surface area (Å²) in [5.74, 6) is -0.175. The van der Waals surface area contributed by atoms with Crippen molar-refractivity contribution in [2.45, 2.75) is 23.6 Å². The zero-order valence-corrected chi connectivity index (χ0v) is 25.0. The molecule has 0 unspecified atom stereocenters. The van der Waals surface area contributed by atoms with Gasteiger partial charge in [-0.3, -0.25) is 13.8 Å². The number of hydrogen-bond donors (Lipinski definition) is 2. The lowest BCUT2D eigenvalue weighted by molar-refractivity contribution is -0.114. The molecular formula is C30H30FN3O7S2. The second kappa shape index (κ2) is 13.6. The van der Waals surface area contributed by atoms with Gasteiger partial charge in [-0.05, 0) is 111 Å². The summed E-state index contributed by atoms with van der Waals surface area (Å²) in [6, 6.07) is 22.3. The van der Waals surface area contributed by atoms with Gasteiger partial charge in [0.25, 0.3) is 20.0 Å². The van der Waals surface area contributed by atoms with Crippen LogP contribution in [0, 0.1) is 5.82 Å². The molecule has 0 saturated carbocycles. The molecule has 0 fully saturated rings. The second-order valence-electron chi connectivity index (χ2n) is 9.03. The van der Waals surface area contributed by atoms with Crippen LogP contribution in [-0.2, 0) is 24.8 Å². The summed E-state index contributed by atoms with van der Waals surface area (Å²) in [6.07, 6.45) is 0. The number of ether oxygens (including phenoxy) is 2. The number of anilines is 3. The van der Waals surface area contributed by atoms with Crippen molar-refractivity contribution in [2.24, 2.45) is 0 Å². The van der Waals surface area contributed by atoms with Crippen LogP contribution in [0.15, 0.2) is 107 Å². The lowest BCUT2D eigenvalue weighted by Gasteiger charge is -2.24. The zero-order valence-electron chi connectivity index (χ0n) is 23.4. The number of nitrogens with zero attached hydrogens (tertiary/aromatic N) is 1. The highest BCUT2D eigenvalue weighted by Crippen LogP contribution is 2.27. The highest BCUT2D eigenvalue weighted by Gasteiger charge is 2.27. The highest BCUT2D eigenvalue weighted by atomic mass is 32.2. The Morgan fingerprint density at radius 3 is 1.72 bits per heavy atom. The van der Waals surface area contributed by atoms with Crippen molar-refractivity contribution in [3.05, 3.63) is 103 Å². The Morgan fingerprint density at radius 2 is 1.19 bits per heavy atom. The largest absolute Gasteiger partial charge is 0.494 e. The molecule has 0 spiro atoms. The van der Waals surface area contributed by atoms with Crippen LogP contribution in [0.4, 0.5) is 21.5 Å². The van der Waals surface area contributed by atoms with Gasteiger partial charge in [-0.1, -0.05) is 0 Å². The Labute approximate surface area is 250 Å². The van der Waals surface area contributed by atoms with Gasteiger partial charge in [0.15, 0.2) is 0 Å². The van der Waals surface area contributed by atoms with Crippen LogP contribution in [0.5, 0.6) is 11.5 Å². The first-order valence-electron chi connectivity index (χ1n) is 13.2. The maximum Gasteiger partial charge on any atom is 0.264 e. The van der Waals surface area contributed by atoms with Gasteiger partial charge < -0.3 is 14.8 Å². The van der Waals surface area contributed by atoms with Gasteiger partial charge in [-0.15, -0.1) is 0 Å². The van der Waals surface area contributed by atoms with Gasteiger partial charge in [0.2, 0.25) is 5.91 Å². The predicted octanol–water partition coefficient (Wildman–Crippen LogP) is 5.26. The number of sulfonamides is 2. The van der Waals surface area contributed by atoms with E-state index >= 15 is 0 Å². The Kier molecular flexibility index (Phi) is 9.88. The van der Waals surface area contributed by atoms with Crippen LogP contribution in [0.25, 0.3) is 0 Å². The summed E-state index contributed by atoms with van der Waals surface area (Å²) in [6.45, 7) is 3.93. The standard InChI is InChI=1S/C30H30FN3O7S2/c1-3-40-26-13-7-24(8-14-26)33-42(36,37)28-19-9-23(10-20-28)32-30(35)21-34(25-11-15-27(16-12-25)41-4-2)43(38,39)29-17-5-22(31)6-18-29/h5-20,33H,3-4,21H2,1-2H3,(H,32,35). The van der Waals surface area contributed by atoms with Gasteiger partial charge >= 0.3 is 0 Å². The number of nitrogens with one attached hydrogen (secondary N) is 2. The van der Waals surface area contributed by atoms with Gasteiger partial charge in [0, 0.05) is 11.4 Å². The molecule has 13 heteroatoms. The first-order valence-corrected chi connectivity index (χ1v) is 16.1. The molecule has 4 aromatic carbocycles. The third-order valence-corrected chi connectivity index (χ3v) is 9.18. The van der Waals surface area contributed by atoms with Crippen molar-refractivity contribution in [1.82, 2.24) is 0 Å². The van der Waals surface area contributed by atoms with Crippen molar-refractivity contribution < 1.29 is 35.5 Å². The van der Waals surface area contributed by atoms with Crippen LogP contribution < -0.4 is 23.8 Å². The fraction of sp³-hybridized carbons (Fsp3) is 0.167. The minimum absolute atomic E-state index is 0.0470. The number of halogens is 1. The molecule has 4 rings (SSSR count). The quantitative estimate of drug-likeness (QED) is 0.207. The van der Waals surface area contributed by atoms with E-state index in [1.807, 2.05) is 13.8 Å². The number of hydrogen-bond acceptors (Lipinski definition) is 7. The SMILES string of the molecule is CCOc1ccc(NS(=O)(=O)c2ccc(NC(=O)CN(c3ccc(OCC)cc3)S(=O)(=O)c3ccc(F)cc3)cc2)cc1. The summed E-state index contributed by atoms with van der Waals surface area (Å²) in [7, 11) is -8.20. The van der Waals surface area contributed by atoms with Crippen molar-refractivity contribution in [3.8, 4) is 11.5 Å². The van der Waals surface area contributed by atoms with E-state index in [9.17, 15) is 26.0 Å². The smallest absolute Gasteiger partial charge is 0.264 e. The Bertz CT molecular complexity index is 1750. The molecule has 0 radical (unpaired) electrons. The lowest BCUT2D eigenvalue weighted by Crippen LogP contribution is -2.38. The topological polar surface area (TPSA) is 131 Å². The van der Waals surface area contributed by atoms with Crippen LogP contribution in [-0.4, -0.2) is 42.5 Å². The first-order chi connectivity index (χ1) is 20.5.